The fourth-order valence-electron chi connectivity index (χ4n) is 2.57. The van der Waals surface area contributed by atoms with E-state index in [0.29, 0.717) is 27.8 Å². The summed E-state index contributed by atoms with van der Waals surface area (Å²) in [5.41, 5.74) is 6.87. The van der Waals surface area contributed by atoms with Crippen molar-refractivity contribution in [2.24, 2.45) is 5.73 Å². The average molecular weight is 381 g/mol. The van der Waals surface area contributed by atoms with Crippen molar-refractivity contribution in [1.29, 1.82) is 0 Å². The Kier molecular flexibility index (Phi) is 5.30. The van der Waals surface area contributed by atoms with E-state index in [4.69, 9.17) is 10.5 Å². The number of nitrogens with two attached hydrogens (primary N) is 1. The molecule has 0 saturated heterocycles. The molecular formula is C20H16FN3O4. The highest BCUT2D eigenvalue weighted by molar-refractivity contribution is 5.98. The Balaban J connectivity index is 1.64. The van der Waals surface area contributed by atoms with E-state index in [9.17, 15) is 18.8 Å². The van der Waals surface area contributed by atoms with Gasteiger partial charge in [0, 0.05) is 22.7 Å². The normalized spacial score (nSPS) is 10.5. The first-order chi connectivity index (χ1) is 13.3. The molecule has 1 aromatic heterocycles. The predicted octanol–water partition coefficient (Wildman–Crippen LogP) is 2.58. The second-order valence-corrected chi connectivity index (χ2v) is 6.02. The number of hydrogen-bond donors (Lipinski definition) is 2. The zero-order valence-electron chi connectivity index (χ0n) is 14.9. The fraction of sp³-hybridized carbons (Fsp3) is 0.100. The Morgan fingerprint density at radius 3 is 2.50 bits per heavy atom. The number of rotatable bonds is 5. The molecule has 7 nitrogen and oxygen atoms in total. The van der Waals surface area contributed by atoms with Crippen LogP contribution in [0.5, 0.6) is 0 Å². The number of primary amides is 1. The Bertz CT molecular complexity index is 1080. The van der Waals surface area contributed by atoms with Crippen molar-refractivity contribution in [3.63, 3.8) is 0 Å². The molecule has 0 aliphatic heterocycles. The van der Waals surface area contributed by atoms with Gasteiger partial charge in [-0.3, -0.25) is 14.6 Å². The summed E-state index contributed by atoms with van der Waals surface area (Å²) >= 11 is 0. The monoisotopic (exact) mass is 381 g/mol. The molecule has 0 atom stereocenters. The van der Waals surface area contributed by atoms with E-state index in [-0.39, 0.29) is 5.56 Å². The zero-order chi connectivity index (χ0) is 20.3. The van der Waals surface area contributed by atoms with E-state index in [1.54, 1.807) is 13.0 Å². The lowest BCUT2D eigenvalue weighted by molar-refractivity contribution is -0.119. The summed E-state index contributed by atoms with van der Waals surface area (Å²) in [4.78, 5) is 39.5. The second kappa shape index (κ2) is 7.83. The lowest BCUT2D eigenvalue weighted by atomic mass is 10.1. The maximum Gasteiger partial charge on any atom is 0.340 e. The van der Waals surface area contributed by atoms with E-state index in [2.05, 4.69) is 10.3 Å². The van der Waals surface area contributed by atoms with Crippen LogP contribution in [0.15, 0.2) is 48.5 Å². The number of nitrogens with one attached hydrogen (secondary N) is 1. The minimum Gasteiger partial charge on any atom is -0.452 e. The summed E-state index contributed by atoms with van der Waals surface area (Å²) in [7, 11) is 0. The number of pyridine rings is 1. The molecule has 0 radical (unpaired) electrons. The number of carbonyl (C=O) groups excluding carboxylic acids is 3. The van der Waals surface area contributed by atoms with Gasteiger partial charge in [-0.05, 0) is 49.4 Å². The van der Waals surface area contributed by atoms with Gasteiger partial charge in [-0.15, -0.1) is 0 Å². The number of esters is 1. The van der Waals surface area contributed by atoms with Crippen LogP contribution in [-0.2, 0) is 9.53 Å². The molecule has 0 spiro atoms. The summed E-state index contributed by atoms with van der Waals surface area (Å²) in [5, 5.41) is 3.12. The molecule has 3 aromatic rings. The van der Waals surface area contributed by atoms with Crippen molar-refractivity contribution < 1.29 is 23.5 Å². The van der Waals surface area contributed by atoms with Crippen molar-refractivity contribution >= 4 is 34.4 Å². The molecule has 0 aliphatic carbocycles. The van der Waals surface area contributed by atoms with Crippen molar-refractivity contribution in [2.75, 3.05) is 11.9 Å². The molecule has 0 fully saturated rings. The van der Waals surface area contributed by atoms with Gasteiger partial charge in [-0.2, -0.15) is 0 Å². The number of amides is 2. The van der Waals surface area contributed by atoms with E-state index >= 15 is 0 Å². The summed E-state index contributed by atoms with van der Waals surface area (Å²) in [5.74, 6) is -2.26. The van der Waals surface area contributed by atoms with Gasteiger partial charge >= 0.3 is 5.97 Å². The first-order valence-electron chi connectivity index (χ1n) is 8.27. The standard InChI is InChI=1S/C20H16FN3O4/c1-11-16(8-13-2-5-14(21)9-17(13)23-11)20(27)28-10-18(25)24-15-6-3-12(4-7-15)19(22)26/h2-9H,10H2,1H3,(H2,22,26)(H,24,25). The lowest BCUT2D eigenvalue weighted by Crippen LogP contribution is -2.21. The third-order valence-electron chi connectivity index (χ3n) is 3.98. The highest BCUT2D eigenvalue weighted by Gasteiger charge is 2.15. The number of ether oxygens (including phenoxy) is 1. The molecular weight excluding hydrogens is 365 g/mol. The highest BCUT2D eigenvalue weighted by atomic mass is 19.1. The van der Waals surface area contributed by atoms with E-state index in [0.717, 1.165) is 0 Å². The topological polar surface area (TPSA) is 111 Å². The predicted molar refractivity (Wildman–Crippen MR) is 100 cm³/mol. The molecule has 0 aliphatic rings. The van der Waals surface area contributed by atoms with Crippen LogP contribution in [0.4, 0.5) is 10.1 Å². The van der Waals surface area contributed by atoms with Gasteiger partial charge in [0.25, 0.3) is 5.91 Å². The van der Waals surface area contributed by atoms with Crippen LogP contribution in [0.25, 0.3) is 10.9 Å². The number of aryl methyl sites for hydroxylation is 1. The molecule has 0 saturated carbocycles. The van der Waals surface area contributed by atoms with Gasteiger partial charge in [0.05, 0.1) is 16.8 Å². The summed E-state index contributed by atoms with van der Waals surface area (Å²) in [6.45, 7) is 1.10. The minimum absolute atomic E-state index is 0.192. The number of hydrogen-bond acceptors (Lipinski definition) is 5. The number of nitrogens with zero attached hydrogens (tertiary/aromatic N) is 1. The number of benzene rings is 2. The van der Waals surface area contributed by atoms with Crippen LogP contribution in [0, 0.1) is 12.7 Å². The highest BCUT2D eigenvalue weighted by Crippen LogP contribution is 2.18. The molecule has 8 heteroatoms. The smallest absolute Gasteiger partial charge is 0.340 e. The summed E-state index contributed by atoms with van der Waals surface area (Å²) < 4.78 is 18.3. The number of carbonyl (C=O) groups is 3. The molecule has 28 heavy (non-hydrogen) atoms. The van der Waals surface area contributed by atoms with Gasteiger partial charge in [0.15, 0.2) is 6.61 Å². The van der Waals surface area contributed by atoms with Gasteiger partial charge in [0.2, 0.25) is 5.91 Å². The van der Waals surface area contributed by atoms with E-state index in [1.807, 2.05) is 0 Å². The maximum absolute atomic E-state index is 13.3. The van der Waals surface area contributed by atoms with Crippen LogP contribution in [-0.4, -0.2) is 29.4 Å². The lowest BCUT2D eigenvalue weighted by Gasteiger charge is -2.09. The van der Waals surface area contributed by atoms with Crippen molar-refractivity contribution in [2.45, 2.75) is 6.92 Å². The van der Waals surface area contributed by atoms with Crippen LogP contribution in [0.1, 0.15) is 26.4 Å². The Labute approximate surface area is 159 Å². The fourth-order valence-corrected chi connectivity index (χ4v) is 2.57. The first kappa shape index (κ1) is 19.0. The minimum atomic E-state index is -0.713. The third kappa shape index (κ3) is 4.29. The molecule has 0 bridgehead atoms. The second-order valence-electron chi connectivity index (χ2n) is 6.02. The molecule has 3 rings (SSSR count). The zero-order valence-corrected chi connectivity index (χ0v) is 14.9. The SMILES string of the molecule is Cc1nc2cc(F)ccc2cc1C(=O)OCC(=O)Nc1ccc(C(N)=O)cc1. The Morgan fingerprint density at radius 2 is 1.82 bits per heavy atom. The molecule has 2 aromatic carbocycles. The largest absolute Gasteiger partial charge is 0.452 e. The van der Waals surface area contributed by atoms with Crippen LogP contribution in [0.3, 0.4) is 0 Å². The maximum atomic E-state index is 13.3. The summed E-state index contributed by atoms with van der Waals surface area (Å²) in [6, 6.07) is 11.6. The number of anilines is 1. The van der Waals surface area contributed by atoms with Crippen LogP contribution in [0.2, 0.25) is 0 Å². The molecule has 2 amide bonds. The molecule has 0 unspecified atom stereocenters. The molecule has 1 heterocycles. The molecule has 3 N–H and O–H groups in total. The summed E-state index contributed by atoms with van der Waals surface area (Å²) in [6.07, 6.45) is 0. The van der Waals surface area contributed by atoms with Crippen LogP contribution >= 0.6 is 0 Å². The van der Waals surface area contributed by atoms with Gasteiger partial charge < -0.3 is 15.8 Å². The Morgan fingerprint density at radius 1 is 1.11 bits per heavy atom. The third-order valence-corrected chi connectivity index (χ3v) is 3.98. The average Bonchev–Trinajstić information content (AvgIpc) is 2.66. The van der Waals surface area contributed by atoms with Crippen molar-refractivity contribution in [1.82, 2.24) is 4.98 Å². The number of halogens is 1. The van der Waals surface area contributed by atoms with Crippen molar-refractivity contribution in [3.8, 4) is 0 Å². The number of fused-ring (bicyclic) bond motifs is 1. The quantitative estimate of drug-likeness (QED) is 0.660. The number of aromatic nitrogens is 1. The van der Waals surface area contributed by atoms with E-state index in [1.165, 1.54) is 42.5 Å². The first-order valence-corrected chi connectivity index (χ1v) is 8.27. The van der Waals surface area contributed by atoms with Gasteiger partial charge in [-0.25, -0.2) is 9.18 Å². The van der Waals surface area contributed by atoms with Gasteiger partial charge in [0.1, 0.15) is 5.82 Å². The van der Waals surface area contributed by atoms with Crippen LogP contribution < -0.4 is 11.1 Å². The van der Waals surface area contributed by atoms with E-state index < -0.39 is 30.2 Å². The Hall–Kier alpha value is -3.81. The van der Waals surface area contributed by atoms with Gasteiger partial charge in [-0.1, -0.05) is 0 Å². The molecule has 142 valence electrons. The van der Waals surface area contributed by atoms with Crippen molar-refractivity contribution in [3.05, 3.63) is 71.2 Å².